The predicted octanol–water partition coefficient (Wildman–Crippen LogP) is -0.824. The van der Waals surface area contributed by atoms with Gasteiger partial charge < -0.3 is 5.11 Å². The summed E-state index contributed by atoms with van der Waals surface area (Å²) in [6.07, 6.45) is 1.18. The maximum absolute atomic E-state index is 10.7. The molecule has 0 fully saturated rings. The van der Waals surface area contributed by atoms with Crippen LogP contribution < -0.4 is 4.72 Å². The van der Waals surface area contributed by atoms with Gasteiger partial charge in [-0.05, 0) is 0 Å². The Hall–Kier alpha value is -0.880. The van der Waals surface area contributed by atoms with E-state index >= 15 is 0 Å². The van der Waals surface area contributed by atoms with Crippen molar-refractivity contribution in [3.05, 3.63) is 12.7 Å². The Kier molecular flexibility index (Phi) is 3.77. The minimum absolute atomic E-state index is 0.264. The van der Waals surface area contributed by atoms with Gasteiger partial charge in [-0.15, -0.1) is 6.58 Å². The molecule has 0 saturated carbocycles. The number of carbonyl (C=O) groups is 1. The number of hydrogen-bond acceptors (Lipinski definition) is 3. The van der Waals surface area contributed by atoms with Gasteiger partial charge in [-0.1, -0.05) is 6.08 Å². The van der Waals surface area contributed by atoms with E-state index in [4.69, 9.17) is 5.11 Å². The highest BCUT2D eigenvalue weighted by Crippen LogP contribution is 1.82. The average Bonchev–Trinajstić information content (AvgIpc) is 1.84. The highest BCUT2D eigenvalue weighted by atomic mass is 32.2. The van der Waals surface area contributed by atoms with Gasteiger partial charge in [0.1, 0.15) is 6.54 Å². The van der Waals surface area contributed by atoms with E-state index in [2.05, 4.69) is 6.58 Å². The van der Waals surface area contributed by atoms with Crippen molar-refractivity contribution < 1.29 is 18.3 Å². The van der Waals surface area contributed by atoms with E-state index in [1.165, 1.54) is 6.08 Å². The molecule has 0 atom stereocenters. The van der Waals surface area contributed by atoms with Crippen molar-refractivity contribution in [2.24, 2.45) is 0 Å². The first-order valence-corrected chi connectivity index (χ1v) is 4.43. The molecule has 0 aromatic rings. The SMILES string of the molecule is C=CCS(=O)(=O)NCC(=O)O. The zero-order valence-electron chi connectivity index (χ0n) is 5.78. The van der Waals surface area contributed by atoms with Gasteiger partial charge in [0.15, 0.2) is 0 Å². The van der Waals surface area contributed by atoms with Crippen LogP contribution in [0.5, 0.6) is 0 Å². The van der Waals surface area contributed by atoms with Gasteiger partial charge in [-0.2, -0.15) is 0 Å². The zero-order valence-corrected chi connectivity index (χ0v) is 6.60. The van der Waals surface area contributed by atoms with Gasteiger partial charge >= 0.3 is 5.97 Å². The molecule has 0 unspecified atom stereocenters. The van der Waals surface area contributed by atoms with E-state index in [1.54, 1.807) is 0 Å². The van der Waals surface area contributed by atoms with Crippen LogP contribution in [0.1, 0.15) is 0 Å². The van der Waals surface area contributed by atoms with Gasteiger partial charge in [-0.25, -0.2) is 13.1 Å². The molecule has 64 valence electrons. The van der Waals surface area contributed by atoms with Crippen molar-refractivity contribution in [1.29, 1.82) is 0 Å². The molecular weight excluding hydrogens is 170 g/mol. The van der Waals surface area contributed by atoms with Crippen molar-refractivity contribution in [1.82, 2.24) is 4.72 Å². The van der Waals surface area contributed by atoms with E-state index in [9.17, 15) is 13.2 Å². The first kappa shape index (κ1) is 10.1. The maximum atomic E-state index is 10.7. The number of aliphatic carboxylic acids is 1. The Balaban J connectivity index is 3.93. The molecule has 0 heterocycles. The van der Waals surface area contributed by atoms with Crippen LogP contribution in [0.3, 0.4) is 0 Å². The van der Waals surface area contributed by atoms with Crippen LogP contribution in [0, 0.1) is 0 Å². The fraction of sp³-hybridized carbons (Fsp3) is 0.400. The standard InChI is InChI=1S/C5H9NO4S/c1-2-3-11(9,10)6-4-5(7)8/h2,6H,1,3-4H2,(H,7,8). The van der Waals surface area contributed by atoms with Crippen LogP contribution >= 0.6 is 0 Å². The van der Waals surface area contributed by atoms with Gasteiger partial charge in [0.25, 0.3) is 0 Å². The second kappa shape index (κ2) is 4.09. The number of hydrogen-bond donors (Lipinski definition) is 2. The monoisotopic (exact) mass is 179 g/mol. The van der Waals surface area contributed by atoms with Gasteiger partial charge in [0.2, 0.25) is 10.0 Å². The third kappa shape index (κ3) is 5.56. The van der Waals surface area contributed by atoms with Gasteiger partial charge in [-0.3, -0.25) is 4.79 Å². The molecule has 0 aromatic heterocycles. The summed E-state index contributed by atoms with van der Waals surface area (Å²) >= 11 is 0. The average molecular weight is 179 g/mol. The predicted molar refractivity (Wildman–Crippen MR) is 39.6 cm³/mol. The third-order valence-corrected chi connectivity index (χ3v) is 2.04. The molecule has 2 N–H and O–H groups in total. The normalized spacial score (nSPS) is 10.9. The quantitative estimate of drug-likeness (QED) is 0.540. The van der Waals surface area contributed by atoms with E-state index in [0.717, 1.165) is 0 Å². The van der Waals surface area contributed by atoms with Crippen molar-refractivity contribution in [2.45, 2.75) is 0 Å². The van der Waals surface area contributed by atoms with Crippen LogP contribution in [0.2, 0.25) is 0 Å². The fourth-order valence-electron chi connectivity index (χ4n) is 0.386. The third-order valence-electron chi connectivity index (χ3n) is 0.781. The summed E-state index contributed by atoms with van der Waals surface area (Å²) in [4.78, 5) is 9.90. The molecule has 6 heteroatoms. The topological polar surface area (TPSA) is 83.5 Å². The molecular formula is C5H9NO4S. The lowest BCUT2D eigenvalue weighted by atomic mass is 10.7. The highest BCUT2D eigenvalue weighted by Gasteiger charge is 2.08. The molecule has 0 aliphatic heterocycles. The first-order chi connectivity index (χ1) is 4.98. The Morgan fingerprint density at radius 3 is 2.55 bits per heavy atom. The Labute approximate surface area is 64.8 Å². The van der Waals surface area contributed by atoms with Gasteiger partial charge in [0.05, 0.1) is 5.75 Å². The summed E-state index contributed by atoms with van der Waals surface area (Å²) in [5, 5.41) is 8.09. The summed E-state index contributed by atoms with van der Waals surface area (Å²) < 4.78 is 23.2. The molecule has 0 aliphatic rings. The number of carboxylic acids is 1. The lowest BCUT2D eigenvalue weighted by molar-refractivity contribution is -0.135. The van der Waals surface area contributed by atoms with Crippen LogP contribution in [0.4, 0.5) is 0 Å². The van der Waals surface area contributed by atoms with Gasteiger partial charge in [0, 0.05) is 0 Å². The minimum atomic E-state index is -3.48. The molecule has 0 rings (SSSR count). The molecule has 5 nitrogen and oxygen atoms in total. The van der Waals surface area contributed by atoms with Crippen LogP contribution in [-0.4, -0.2) is 31.8 Å². The van der Waals surface area contributed by atoms with E-state index in [0.29, 0.717) is 0 Å². The number of nitrogens with one attached hydrogen (secondary N) is 1. The van der Waals surface area contributed by atoms with Crippen molar-refractivity contribution in [3.8, 4) is 0 Å². The summed E-state index contributed by atoms with van der Waals surface area (Å²) in [6, 6.07) is 0. The van der Waals surface area contributed by atoms with Crippen molar-refractivity contribution in [2.75, 3.05) is 12.3 Å². The maximum Gasteiger partial charge on any atom is 0.318 e. The van der Waals surface area contributed by atoms with E-state index < -0.39 is 22.5 Å². The molecule has 0 spiro atoms. The van der Waals surface area contributed by atoms with E-state index in [1.807, 2.05) is 4.72 Å². The molecule has 0 bridgehead atoms. The van der Waals surface area contributed by atoms with Crippen molar-refractivity contribution >= 4 is 16.0 Å². The molecule has 0 radical (unpaired) electrons. The minimum Gasteiger partial charge on any atom is -0.480 e. The molecule has 0 aromatic carbocycles. The second-order valence-electron chi connectivity index (χ2n) is 1.78. The smallest absolute Gasteiger partial charge is 0.318 e. The molecule has 0 aliphatic carbocycles. The molecule has 0 amide bonds. The lowest BCUT2D eigenvalue weighted by Crippen LogP contribution is -2.30. The summed E-state index contributed by atoms with van der Waals surface area (Å²) in [6.45, 7) is 2.62. The number of rotatable bonds is 5. The Morgan fingerprint density at radius 2 is 2.18 bits per heavy atom. The number of sulfonamides is 1. The number of carboxylic acid groups (broad SMARTS) is 1. The second-order valence-corrected chi connectivity index (χ2v) is 3.64. The highest BCUT2D eigenvalue weighted by molar-refractivity contribution is 7.89. The Morgan fingerprint density at radius 1 is 1.64 bits per heavy atom. The molecule has 0 saturated heterocycles. The van der Waals surface area contributed by atoms with Crippen molar-refractivity contribution in [3.63, 3.8) is 0 Å². The molecule has 11 heavy (non-hydrogen) atoms. The van der Waals surface area contributed by atoms with Crippen LogP contribution in [0.25, 0.3) is 0 Å². The largest absolute Gasteiger partial charge is 0.480 e. The summed E-state index contributed by atoms with van der Waals surface area (Å²) in [5.41, 5.74) is 0. The van der Waals surface area contributed by atoms with Crippen LogP contribution in [0.15, 0.2) is 12.7 Å². The van der Waals surface area contributed by atoms with Crippen LogP contribution in [-0.2, 0) is 14.8 Å². The summed E-state index contributed by atoms with van der Waals surface area (Å²) in [5.74, 6) is -1.47. The zero-order chi connectivity index (χ0) is 8.91. The first-order valence-electron chi connectivity index (χ1n) is 2.78. The fourth-order valence-corrected chi connectivity index (χ4v) is 1.16. The van der Waals surface area contributed by atoms with E-state index in [-0.39, 0.29) is 5.75 Å². The summed E-state index contributed by atoms with van der Waals surface area (Å²) in [7, 11) is -3.48. The lowest BCUT2D eigenvalue weighted by Gasteiger charge is -1.99. The Bertz CT molecular complexity index is 243.